The molecule has 0 radical (unpaired) electrons. The predicted molar refractivity (Wildman–Crippen MR) is 120 cm³/mol. The molecular weight excluding hydrogens is 426 g/mol. The van der Waals surface area contributed by atoms with Crippen molar-refractivity contribution in [2.75, 3.05) is 19.1 Å². The number of methoxy groups -OCH3 is 1. The lowest BCUT2D eigenvalue weighted by Crippen LogP contribution is -2.36. The van der Waals surface area contributed by atoms with Gasteiger partial charge in [0, 0.05) is 36.9 Å². The molecule has 1 amide bonds. The summed E-state index contributed by atoms with van der Waals surface area (Å²) in [4.78, 5) is 31.2. The Labute approximate surface area is 189 Å². The van der Waals surface area contributed by atoms with Gasteiger partial charge in [0.2, 0.25) is 11.7 Å². The van der Waals surface area contributed by atoms with E-state index in [1.54, 1.807) is 44.6 Å². The first kappa shape index (κ1) is 21.9. The smallest absolute Gasteiger partial charge is 0.262 e. The summed E-state index contributed by atoms with van der Waals surface area (Å²) in [5.41, 5.74) is 2.39. The summed E-state index contributed by atoms with van der Waals surface area (Å²) in [5.74, 6) is 3.50. The number of hydrogen-bond donors (Lipinski definition) is 0. The third-order valence-corrected chi connectivity index (χ3v) is 5.17. The standard InChI is InChI=1S/C26H18F2N2O3/c1-30-23-9-7-16(4-3-5-17-10-11-29-24(15-17)33-2)12-19(23)25(31)20(26(30)32)13-18-6-8-21(27)22(28)14-18/h6-15H,5H2,1-2H3/b20-13-. The summed E-state index contributed by atoms with van der Waals surface area (Å²) in [7, 11) is 3.09. The van der Waals surface area contributed by atoms with E-state index < -0.39 is 23.3 Å². The number of rotatable bonds is 3. The molecule has 164 valence electrons. The van der Waals surface area contributed by atoms with Crippen LogP contribution in [0.5, 0.6) is 5.88 Å². The molecule has 0 atom stereocenters. The number of ketones is 1. The number of likely N-dealkylation sites (N-methyl/N-ethyl adjacent to an activating group) is 1. The van der Waals surface area contributed by atoms with Gasteiger partial charge in [0.05, 0.1) is 18.4 Å². The van der Waals surface area contributed by atoms with Crippen molar-refractivity contribution in [1.29, 1.82) is 0 Å². The van der Waals surface area contributed by atoms with Crippen LogP contribution >= 0.6 is 0 Å². The molecule has 0 N–H and O–H groups in total. The quantitative estimate of drug-likeness (QED) is 0.345. The fourth-order valence-electron chi connectivity index (χ4n) is 3.44. The van der Waals surface area contributed by atoms with E-state index in [1.807, 2.05) is 6.07 Å². The number of halogens is 2. The molecule has 1 aliphatic rings. The number of benzene rings is 2. The van der Waals surface area contributed by atoms with Crippen molar-refractivity contribution in [2.24, 2.45) is 0 Å². The van der Waals surface area contributed by atoms with E-state index in [1.165, 1.54) is 17.0 Å². The molecular formula is C26H18F2N2O3. The van der Waals surface area contributed by atoms with Crippen molar-refractivity contribution in [2.45, 2.75) is 6.42 Å². The fraction of sp³-hybridized carbons (Fsp3) is 0.115. The molecule has 2 heterocycles. The first-order valence-electron chi connectivity index (χ1n) is 9.98. The molecule has 1 aliphatic heterocycles. The second-order valence-corrected chi connectivity index (χ2v) is 7.34. The Morgan fingerprint density at radius 3 is 2.64 bits per heavy atom. The Kier molecular flexibility index (Phi) is 6.01. The van der Waals surface area contributed by atoms with Crippen LogP contribution < -0.4 is 9.64 Å². The topological polar surface area (TPSA) is 59.5 Å². The molecule has 0 unspecified atom stereocenters. The number of ether oxygens (including phenoxy) is 1. The van der Waals surface area contributed by atoms with Gasteiger partial charge in [-0.2, -0.15) is 0 Å². The van der Waals surface area contributed by atoms with Crippen LogP contribution in [-0.2, 0) is 11.2 Å². The number of aromatic nitrogens is 1. The van der Waals surface area contributed by atoms with Crippen molar-refractivity contribution >= 4 is 23.5 Å². The van der Waals surface area contributed by atoms with Crippen LogP contribution in [0, 0.1) is 23.5 Å². The number of carbonyl (C=O) groups excluding carboxylic acids is 2. The van der Waals surface area contributed by atoms with Gasteiger partial charge in [-0.05, 0) is 53.6 Å². The zero-order valence-electron chi connectivity index (χ0n) is 17.9. The first-order chi connectivity index (χ1) is 15.9. The van der Waals surface area contributed by atoms with Gasteiger partial charge in [0.1, 0.15) is 0 Å². The molecule has 7 heteroatoms. The van der Waals surface area contributed by atoms with Gasteiger partial charge in [-0.15, -0.1) is 0 Å². The normalized spacial score (nSPS) is 14.1. The van der Waals surface area contributed by atoms with Crippen LogP contribution in [0.1, 0.15) is 27.0 Å². The van der Waals surface area contributed by atoms with Crippen molar-refractivity contribution in [3.63, 3.8) is 0 Å². The number of amides is 1. The summed E-state index contributed by atoms with van der Waals surface area (Å²) >= 11 is 0. The monoisotopic (exact) mass is 444 g/mol. The zero-order chi connectivity index (χ0) is 23.5. The van der Waals surface area contributed by atoms with Crippen molar-refractivity contribution in [3.8, 4) is 17.7 Å². The Bertz CT molecular complexity index is 1370. The molecule has 0 aliphatic carbocycles. The maximum Gasteiger partial charge on any atom is 0.262 e. The van der Waals surface area contributed by atoms with E-state index >= 15 is 0 Å². The van der Waals surface area contributed by atoms with Crippen molar-refractivity contribution < 1.29 is 23.1 Å². The van der Waals surface area contributed by atoms with E-state index in [9.17, 15) is 18.4 Å². The lowest BCUT2D eigenvalue weighted by Gasteiger charge is -2.26. The van der Waals surface area contributed by atoms with Gasteiger partial charge in [0.15, 0.2) is 11.6 Å². The van der Waals surface area contributed by atoms with Gasteiger partial charge in [-0.1, -0.05) is 17.9 Å². The average molecular weight is 444 g/mol. The third kappa shape index (κ3) is 4.51. The second-order valence-electron chi connectivity index (χ2n) is 7.34. The van der Waals surface area contributed by atoms with Crippen LogP contribution in [-0.4, -0.2) is 30.8 Å². The van der Waals surface area contributed by atoms with E-state index in [-0.39, 0.29) is 11.1 Å². The first-order valence-corrected chi connectivity index (χ1v) is 9.98. The van der Waals surface area contributed by atoms with Crippen LogP contribution in [0.4, 0.5) is 14.5 Å². The second kappa shape index (κ2) is 9.05. The van der Waals surface area contributed by atoms with Crippen LogP contribution in [0.2, 0.25) is 0 Å². The molecule has 0 saturated heterocycles. The summed E-state index contributed by atoms with van der Waals surface area (Å²) < 4.78 is 31.9. The van der Waals surface area contributed by atoms with Gasteiger partial charge in [0.25, 0.3) is 5.91 Å². The maximum absolute atomic E-state index is 13.6. The highest BCUT2D eigenvalue weighted by Gasteiger charge is 2.32. The highest BCUT2D eigenvalue weighted by molar-refractivity contribution is 6.36. The van der Waals surface area contributed by atoms with Crippen LogP contribution in [0.15, 0.2) is 60.3 Å². The number of fused-ring (bicyclic) bond motifs is 1. The minimum absolute atomic E-state index is 0.134. The Morgan fingerprint density at radius 2 is 1.88 bits per heavy atom. The lowest BCUT2D eigenvalue weighted by atomic mass is 9.92. The van der Waals surface area contributed by atoms with Gasteiger partial charge >= 0.3 is 0 Å². The Morgan fingerprint density at radius 1 is 1.06 bits per heavy atom. The molecule has 33 heavy (non-hydrogen) atoms. The highest BCUT2D eigenvalue weighted by Crippen LogP contribution is 2.31. The van der Waals surface area contributed by atoms with Crippen molar-refractivity contribution in [3.05, 3.63) is 94.2 Å². The lowest BCUT2D eigenvalue weighted by molar-refractivity contribution is -0.114. The highest BCUT2D eigenvalue weighted by atomic mass is 19.2. The maximum atomic E-state index is 13.6. The molecule has 0 saturated carbocycles. The zero-order valence-corrected chi connectivity index (χ0v) is 17.9. The summed E-state index contributed by atoms with van der Waals surface area (Å²) in [6.45, 7) is 0. The minimum atomic E-state index is -1.06. The summed E-state index contributed by atoms with van der Waals surface area (Å²) in [6.07, 6.45) is 3.37. The SMILES string of the molecule is COc1cc(CC#Cc2ccc3c(c2)C(=O)/C(=C/c2ccc(F)c(F)c2)C(=O)N3C)ccn1. The van der Waals surface area contributed by atoms with E-state index in [0.717, 1.165) is 17.7 Å². The van der Waals surface area contributed by atoms with E-state index in [4.69, 9.17) is 4.74 Å². The average Bonchev–Trinajstić information content (AvgIpc) is 2.82. The number of hydrogen-bond acceptors (Lipinski definition) is 4. The largest absolute Gasteiger partial charge is 0.481 e. The van der Waals surface area contributed by atoms with Crippen LogP contribution in [0.3, 0.4) is 0 Å². The van der Waals surface area contributed by atoms with Gasteiger partial charge < -0.3 is 9.64 Å². The molecule has 2 aromatic carbocycles. The van der Waals surface area contributed by atoms with E-state index in [2.05, 4.69) is 16.8 Å². The predicted octanol–water partition coefficient (Wildman–Crippen LogP) is 4.21. The molecule has 4 rings (SSSR count). The molecule has 1 aromatic heterocycles. The molecule has 3 aromatic rings. The molecule has 0 bridgehead atoms. The minimum Gasteiger partial charge on any atom is -0.481 e. The molecule has 0 spiro atoms. The van der Waals surface area contributed by atoms with Gasteiger partial charge in [-0.25, -0.2) is 13.8 Å². The number of nitrogens with zero attached hydrogens (tertiary/aromatic N) is 2. The molecule has 0 fully saturated rings. The third-order valence-electron chi connectivity index (χ3n) is 5.17. The fourth-order valence-corrected chi connectivity index (χ4v) is 3.44. The van der Waals surface area contributed by atoms with Crippen molar-refractivity contribution in [1.82, 2.24) is 4.98 Å². The number of pyridine rings is 1. The number of Topliss-reactive ketones (excluding diaryl/α,β-unsaturated/α-hetero) is 1. The van der Waals surface area contributed by atoms with Crippen LogP contribution in [0.25, 0.3) is 6.08 Å². The number of carbonyl (C=O) groups is 2. The Hall–Kier alpha value is -4.31. The van der Waals surface area contributed by atoms with E-state index in [0.29, 0.717) is 29.1 Å². The molecule has 5 nitrogen and oxygen atoms in total. The summed E-state index contributed by atoms with van der Waals surface area (Å²) in [5, 5.41) is 0. The van der Waals surface area contributed by atoms with Gasteiger partial charge in [-0.3, -0.25) is 9.59 Å². The summed E-state index contributed by atoms with van der Waals surface area (Å²) in [6, 6.07) is 11.8. The number of anilines is 1. The Balaban J connectivity index is 1.64.